The molecule has 1 aliphatic heterocycles. The van der Waals surface area contributed by atoms with Crippen molar-refractivity contribution in [2.45, 2.75) is 50.2 Å². The summed E-state index contributed by atoms with van der Waals surface area (Å²) in [5, 5.41) is 14.6. The van der Waals surface area contributed by atoms with Crippen LogP contribution in [-0.2, 0) is 14.3 Å². The van der Waals surface area contributed by atoms with Crippen LogP contribution in [-0.4, -0.2) is 55.1 Å². The SMILES string of the molecule is O=C(NCCOC1CCCC1)NC1(C(=O)O)CCOCC1. The molecule has 0 aromatic heterocycles. The quantitative estimate of drug-likeness (QED) is 0.633. The van der Waals surface area contributed by atoms with E-state index in [1.807, 2.05) is 0 Å². The maximum Gasteiger partial charge on any atom is 0.329 e. The number of nitrogens with one attached hydrogen (secondary N) is 2. The van der Waals surface area contributed by atoms with E-state index in [-0.39, 0.29) is 12.8 Å². The molecule has 2 fully saturated rings. The normalized spacial score (nSPS) is 21.9. The van der Waals surface area contributed by atoms with Crippen molar-refractivity contribution < 1.29 is 24.2 Å². The Morgan fingerprint density at radius 1 is 1.24 bits per heavy atom. The molecule has 0 radical (unpaired) electrons. The lowest BCUT2D eigenvalue weighted by Crippen LogP contribution is -2.59. The summed E-state index contributed by atoms with van der Waals surface area (Å²) in [6.07, 6.45) is 5.49. The van der Waals surface area contributed by atoms with Gasteiger partial charge in [-0.05, 0) is 12.8 Å². The molecule has 0 atom stereocenters. The summed E-state index contributed by atoms with van der Waals surface area (Å²) in [5.74, 6) is -1.01. The van der Waals surface area contributed by atoms with Crippen LogP contribution in [0.1, 0.15) is 38.5 Å². The molecular weight excluding hydrogens is 276 g/mol. The zero-order valence-corrected chi connectivity index (χ0v) is 12.2. The van der Waals surface area contributed by atoms with Gasteiger partial charge in [0.25, 0.3) is 0 Å². The smallest absolute Gasteiger partial charge is 0.329 e. The third kappa shape index (κ3) is 4.57. The lowest BCUT2D eigenvalue weighted by molar-refractivity contribution is -0.148. The predicted molar refractivity (Wildman–Crippen MR) is 75.2 cm³/mol. The molecule has 0 spiro atoms. The number of carboxylic acid groups (broad SMARTS) is 1. The highest BCUT2D eigenvalue weighted by Gasteiger charge is 2.41. The highest BCUT2D eigenvalue weighted by atomic mass is 16.5. The van der Waals surface area contributed by atoms with E-state index in [1.165, 1.54) is 12.8 Å². The molecular formula is C14H24N2O5. The van der Waals surface area contributed by atoms with Crippen LogP contribution in [0, 0.1) is 0 Å². The standard InChI is InChI=1S/C14H24N2O5/c17-12(18)14(5-8-20-9-6-14)16-13(19)15-7-10-21-11-3-1-2-4-11/h11H,1-10H2,(H,17,18)(H2,15,16,19). The van der Waals surface area contributed by atoms with E-state index in [4.69, 9.17) is 9.47 Å². The molecule has 1 heterocycles. The van der Waals surface area contributed by atoms with E-state index in [2.05, 4.69) is 10.6 Å². The fraction of sp³-hybridized carbons (Fsp3) is 0.857. The van der Waals surface area contributed by atoms with E-state index in [0.717, 1.165) is 12.8 Å². The molecule has 0 aromatic carbocycles. The van der Waals surface area contributed by atoms with Gasteiger partial charge in [-0.3, -0.25) is 0 Å². The molecule has 3 N–H and O–H groups in total. The fourth-order valence-corrected chi connectivity index (χ4v) is 2.82. The summed E-state index contributed by atoms with van der Waals surface area (Å²) in [7, 11) is 0. The maximum atomic E-state index is 11.8. The van der Waals surface area contributed by atoms with E-state index in [0.29, 0.717) is 32.5 Å². The van der Waals surface area contributed by atoms with Gasteiger partial charge in [0.2, 0.25) is 0 Å². The van der Waals surface area contributed by atoms with Gasteiger partial charge < -0.3 is 25.2 Å². The second kappa shape index (κ2) is 7.61. The predicted octanol–water partition coefficient (Wildman–Crippen LogP) is 0.879. The minimum Gasteiger partial charge on any atom is -0.480 e. The second-order valence-electron chi connectivity index (χ2n) is 5.66. The number of amides is 2. The van der Waals surface area contributed by atoms with Gasteiger partial charge in [0.1, 0.15) is 5.54 Å². The van der Waals surface area contributed by atoms with Gasteiger partial charge in [-0.2, -0.15) is 0 Å². The molecule has 2 amide bonds. The first kappa shape index (κ1) is 16.0. The van der Waals surface area contributed by atoms with Gasteiger partial charge in [-0.1, -0.05) is 12.8 Å². The molecule has 0 aromatic rings. The molecule has 1 saturated carbocycles. The molecule has 1 aliphatic carbocycles. The fourth-order valence-electron chi connectivity index (χ4n) is 2.82. The highest BCUT2D eigenvalue weighted by molar-refractivity contribution is 5.86. The van der Waals surface area contributed by atoms with E-state index in [9.17, 15) is 14.7 Å². The zero-order chi connectivity index (χ0) is 15.1. The number of ether oxygens (including phenoxy) is 2. The van der Waals surface area contributed by atoms with Crippen molar-refractivity contribution in [2.24, 2.45) is 0 Å². The molecule has 7 nitrogen and oxygen atoms in total. The minimum absolute atomic E-state index is 0.286. The Kier molecular flexibility index (Phi) is 5.81. The lowest BCUT2D eigenvalue weighted by Gasteiger charge is -2.33. The summed E-state index contributed by atoms with van der Waals surface area (Å²) < 4.78 is 10.8. The van der Waals surface area contributed by atoms with E-state index >= 15 is 0 Å². The molecule has 2 rings (SSSR count). The molecule has 21 heavy (non-hydrogen) atoms. The maximum absolute atomic E-state index is 11.8. The average Bonchev–Trinajstić information content (AvgIpc) is 2.98. The van der Waals surface area contributed by atoms with Crippen LogP contribution in [0.4, 0.5) is 4.79 Å². The average molecular weight is 300 g/mol. The minimum atomic E-state index is -1.21. The van der Waals surface area contributed by atoms with Crippen molar-refractivity contribution in [3.63, 3.8) is 0 Å². The molecule has 120 valence electrons. The Labute approximate surface area is 124 Å². The van der Waals surface area contributed by atoms with Gasteiger partial charge in [-0.15, -0.1) is 0 Å². The Morgan fingerprint density at radius 2 is 1.90 bits per heavy atom. The van der Waals surface area contributed by atoms with Crippen molar-refractivity contribution in [2.75, 3.05) is 26.4 Å². The van der Waals surface area contributed by atoms with Crippen molar-refractivity contribution in [1.82, 2.24) is 10.6 Å². The van der Waals surface area contributed by atoms with Gasteiger partial charge in [-0.25, -0.2) is 9.59 Å². The summed E-state index contributed by atoms with van der Waals surface area (Å²) in [5.41, 5.74) is -1.21. The summed E-state index contributed by atoms with van der Waals surface area (Å²) >= 11 is 0. The van der Waals surface area contributed by atoms with Gasteiger partial charge >= 0.3 is 12.0 Å². The Balaban J connectivity index is 1.68. The van der Waals surface area contributed by atoms with E-state index in [1.54, 1.807) is 0 Å². The first-order valence-corrected chi connectivity index (χ1v) is 7.61. The van der Waals surface area contributed by atoms with Crippen LogP contribution in [0.5, 0.6) is 0 Å². The number of carboxylic acids is 1. The molecule has 0 unspecified atom stereocenters. The van der Waals surface area contributed by atoms with Crippen molar-refractivity contribution in [3.8, 4) is 0 Å². The Bertz CT molecular complexity index is 362. The van der Waals surface area contributed by atoms with Crippen molar-refractivity contribution >= 4 is 12.0 Å². The van der Waals surface area contributed by atoms with Gasteiger partial charge in [0, 0.05) is 32.6 Å². The number of carbonyl (C=O) groups excluding carboxylic acids is 1. The zero-order valence-electron chi connectivity index (χ0n) is 12.2. The third-order valence-corrected chi connectivity index (χ3v) is 4.15. The van der Waals surface area contributed by atoms with Crippen LogP contribution in [0.2, 0.25) is 0 Å². The molecule has 7 heteroatoms. The third-order valence-electron chi connectivity index (χ3n) is 4.15. The number of carbonyl (C=O) groups is 2. The van der Waals surface area contributed by atoms with Gasteiger partial charge in [0.15, 0.2) is 0 Å². The molecule has 0 bridgehead atoms. The summed E-state index contributed by atoms with van der Waals surface area (Å²) in [6, 6.07) is -0.464. The van der Waals surface area contributed by atoms with Crippen LogP contribution in [0.15, 0.2) is 0 Å². The lowest BCUT2D eigenvalue weighted by atomic mass is 9.90. The van der Waals surface area contributed by atoms with Crippen molar-refractivity contribution in [3.05, 3.63) is 0 Å². The summed E-state index contributed by atoms with van der Waals surface area (Å²) in [6.45, 7) is 1.53. The topological polar surface area (TPSA) is 96.9 Å². The number of aliphatic carboxylic acids is 1. The number of hydrogen-bond donors (Lipinski definition) is 3. The molecule has 2 aliphatic rings. The Hall–Kier alpha value is -1.34. The van der Waals surface area contributed by atoms with Crippen LogP contribution >= 0.6 is 0 Å². The largest absolute Gasteiger partial charge is 0.480 e. The van der Waals surface area contributed by atoms with Crippen molar-refractivity contribution in [1.29, 1.82) is 0 Å². The first-order chi connectivity index (χ1) is 10.1. The number of urea groups is 1. The Morgan fingerprint density at radius 3 is 2.52 bits per heavy atom. The van der Waals surface area contributed by atoms with Crippen LogP contribution in [0.25, 0.3) is 0 Å². The van der Waals surface area contributed by atoms with Crippen LogP contribution in [0.3, 0.4) is 0 Å². The monoisotopic (exact) mass is 300 g/mol. The molecule has 1 saturated heterocycles. The first-order valence-electron chi connectivity index (χ1n) is 7.61. The summed E-state index contributed by atoms with van der Waals surface area (Å²) in [4.78, 5) is 23.2. The van der Waals surface area contributed by atoms with E-state index < -0.39 is 17.5 Å². The van der Waals surface area contributed by atoms with Crippen LogP contribution < -0.4 is 10.6 Å². The van der Waals surface area contributed by atoms with Gasteiger partial charge in [0.05, 0.1) is 12.7 Å². The number of rotatable bonds is 6. The highest BCUT2D eigenvalue weighted by Crippen LogP contribution is 2.21. The number of hydrogen-bond acceptors (Lipinski definition) is 4. The second-order valence-corrected chi connectivity index (χ2v) is 5.66.